The molecule has 0 aliphatic heterocycles. The fourth-order valence-corrected chi connectivity index (χ4v) is 7.43. The number of rotatable bonds is 13. The number of pyridine rings is 1. The van der Waals surface area contributed by atoms with Crippen molar-refractivity contribution in [3.05, 3.63) is 160 Å². The summed E-state index contributed by atoms with van der Waals surface area (Å²) in [5.41, 5.74) is 10.7. The number of furan rings is 1. The van der Waals surface area contributed by atoms with Gasteiger partial charge in [-0.2, -0.15) is 0 Å². The molecule has 324 valence electrons. The first kappa shape index (κ1) is 45.5. The molecule has 0 radical (unpaired) electrons. The van der Waals surface area contributed by atoms with E-state index in [1.54, 1.807) is 16.8 Å². The molecule has 2 aliphatic carbocycles. The van der Waals surface area contributed by atoms with Gasteiger partial charge in [0.25, 0.3) is 5.56 Å². The molecule has 0 bridgehead atoms. The Morgan fingerprint density at radius 1 is 0.919 bits per heavy atom. The third-order valence-electron chi connectivity index (χ3n) is 11.5. The number of para-hydroxylation sites is 1. The van der Waals surface area contributed by atoms with Crippen LogP contribution in [0.4, 0.5) is 5.69 Å². The molecule has 3 aromatic carbocycles. The lowest BCUT2D eigenvalue weighted by Gasteiger charge is -2.25. The monoisotopic (exact) mass is 832 g/mol. The minimum atomic E-state index is -0.104. The molecule has 9 heteroatoms. The van der Waals surface area contributed by atoms with Crippen molar-refractivity contribution < 1.29 is 4.42 Å². The van der Waals surface area contributed by atoms with E-state index in [1.165, 1.54) is 79.3 Å². The molecular weight excluding hydrogens is 767 g/mol. The van der Waals surface area contributed by atoms with Crippen molar-refractivity contribution in [3.8, 4) is 11.4 Å². The lowest BCUT2D eigenvalue weighted by molar-refractivity contribution is 0.420. The largest absolute Gasteiger partial charge is 0.456 e. The number of nitrogens with one attached hydrogen (secondary N) is 3. The summed E-state index contributed by atoms with van der Waals surface area (Å²) in [6.07, 6.45) is 24.5. The Balaban J connectivity index is 0.000000193. The average molecular weight is 832 g/mol. The first-order valence-electron chi connectivity index (χ1n) is 22.5. The Kier molecular flexibility index (Phi) is 17.0. The van der Waals surface area contributed by atoms with Crippen LogP contribution in [0.1, 0.15) is 112 Å². The van der Waals surface area contributed by atoms with Gasteiger partial charge in [-0.1, -0.05) is 119 Å². The number of benzene rings is 3. The lowest BCUT2D eigenvalue weighted by Crippen LogP contribution is -2.25. The van der Waals surface area contributed by atoms with Gasteiger partial charge in [0.05, 0.1) is 6.20 Å². The van der Waals surface area contributed by atoms with E-state index in [0.29, 0.717) is 30.5 Å². The SMILES string of the molecule is C1CCC1.C=CCn1c(-c2ccc(C3CCC3)cc2)ncc(NCc2ccc3oc4ccccc4c3c2)c1=O.CCCc1ccncc1/C=C(\C)CNC.CCc1cnc(C)[nH]1. The minimum Gasteiger partial charge on any atom is -0.456 e. The molecule has 9 nitrogen and oxygen atoms in total. The van der Waals surface area contributed by atoms with Crippen LogP contribution in [0.3, 0.4) is 0 Å². The number of allylic oxidation sites excluding steroid dienone is 1. The molecule has 0 saturated heterocycles. The maximum Gasteiger partial charge on any atom is 0.277 e. The summed E-state index contributed by atoms with van der Waals surface area (Å²) in [4.78, 5) is 29.3. The maximum absolute atomic E-state index is 13.3. The van der Waals surface area contributed by atoms with Gasteiger partial charge in [0.1, 0.15) is 28.5 Å². The van der Waals surface area contributed by atoms with Gasteiger partial charge >= 0.3 is 0 Å². The summed E-state index contributed by atoms with van der Waals surface area (Å²) in [5.74, 6) is 2.34. The summed E-state index contributed by atoms with van der Waals surface area (Å²) in [6.45, 7) is 14.1. The third kappa shape index (κ3) is 12.3. The smallest absolute Gasteiger partial charge is 0.277 e. The predicted octanol–water partition coefficient (Wildman–Crippen LogP) is 12.4. The summed E-state index contributed by atoms with van der Waals surface area (Å²) >= 11 is 0. The second kappa shape index (κ2) is 23.2. The van der Waals surface area contributed by atoms with Gasteiger partial charge in [0.2, 0.25) is 0 Å². The number of fused-ring (bicyclic) bond motifs is 3. The highest BCUT2D eigenvalue weighted by atomic mass is 16.3. The molecular formula is C53H65N7O2. The Labute approximate surface area is 367 Å². The van der Waals surface area contributed by atoms with Crippen LogP contribution in [0.15, 0.2) is 125 Å². The average Bonchev–Trinajstić information content (AvgIpc) is 3.84. The second-order valence-electron chi connectivity index (χ2n) is 16.3. The molecule has 2 aliphatic rings. The van der Waals surface area contributed by atoms with Gasteiger partial charge in [0.15, 0.2) is 0 Å². The topological polar surface area (TPSA) is 114 Å². The van der Waals surface area contributed by atoms with Gasteiger partial charge < -0.3 is 20.0 Å². The first-order valence-corrected chi connectivity index (χ1v) is 22.5. The van der Waals surface area contributed by atoms with E-state index in [1.807, 2.05) is 62.9 Å². The zero-order chi connectivity index (χ0) is 43.7. The van der Waals surface area contributed by atoms with Gasteiger partial charge in [-0.3, -0.25) is 14.3 Å². The zero-order valence-electron chi connectivity index (χ0n) is 37.5. The molecule has 3 N–H and O–H groups in total. The minimum absolute atomic E-state index is 0.104. The molecule has 0 unspecified atom stereocenters. The van der Waals surface area contributed by atoms with Crippen LogP contribution in [0.5, 0.6) is 0 Å². The molecule has 4 aromatic heterocycles. The number of H-pyrrole nitrogens is 1. The Bertz CT molecular complexity index is 2570. The second-order valence-corrected chi connectivity index (χ2v) is 16.3. The number of hydrogen-bond acceptors (Lipinski definition) is 7. The van der Waals surface area contributed by atoms with Crippen molar-refractivity contribution in [2.45, 2.75) is 111 Å². The summed E-state index contributed by atoms with van der Waals surface area (Å²) < 4.78 is 7.60. The molecule has 0 atom stereocenters. The zero-order valence-corrected chi connectivity index (χ0v) is 37.5. The molecule has 0 spiro atoms. The number of likely N-dealkylation sites (N-methyl/N-ethyl adjacent to an activating group) is 1. The highest BCUT2D eigenvalue weighted by molar-refractivity contribution is 6.05. The summed E-state index contributed by atoms with van der Waals surface area (Å²) in [5, 5.41) is 8.60. The first-order chi connectivity index (χ1) is 30.3. The quantitative estimate of drug-likeness (QED) is 0.0992. The Morgan fingerprint density at radius 3 is 2.31 bits per heavy atom. The molecule has 9 rings (SSSR count). The van der Waals surface area contributed by atoms with Crippen LogP contribution in [-0.2, 0) is 25.9 Å². The highest BCUT2D eigenvalue weighted by Gasteiger charge is 2.20. The van der Waals surface area contributed by atoms with E-state index >= 15 is 0 Å². The normalized spacial score (nSPS) is 13.4. The number of anilines is 1. The van der Waals surface area contributed by atoms with Gasteiger partial charge in [-0.25, -0.2) is 9.97 Å². The van der Waals surface area contributed by atoms with Crippen molar-refractivity contribution >= 4 is 33.7 Å². The van der Waals surface area contributed by atoms with E-state index in [4.69, 9.17) is 4.42 Å². The van der Waals surface area contributed by atoms with E-state index in [-0.39, 0.29) is 5.56 Å². The van der Waals surface area contributed by atoms with Crippen molar-refractivity contribution in [2.75, 3.05) is 18.9 Å². The lowest BCUT2D eigenvalue weighted by atomic mass is 9.80. The van der Waals surface area contributed by atoms with E-state index in [2.05, 4.69) is 106 Å². The van der Waals surface area contributed by atoms with Crippen molar-refractivity contribution in [1.82, 2.24) is 29.8 Å². The van der Waals surface area contributed by atoms with Crippen molar-refractivity contribution in [1.29, 1.82) is 0 Å². The standard InChI is InChI=1S/C30H27N3O2.C13H20N2.C6H10N2.C4H8/c1-2-16-33-29(23-13-11-22(12-14-23)21-6-5-7-21)32-19-26(30(33)34)31-18-20-10-15-28-25(17-20)24-8-3-4-9-27(24)35-28;1-4-5-12-6-7-15-10-13(12)8-11(2)9-14-3;1-3-6-4-7-5(2)8-6;1-2-4-3-1/h2-4,8-15,17,19,21,31H,1,5-7,16,18H2;6-8,10,14H,4-5,9H2,1-3H3;4H,3H2,1-2H3,(H,7,8);1-4H2/b;11-8+;;. The third-order valence-corrected chi connectivity index (χ3v) is 11.5. The number of imidazole rings is 1. The van der Waals surface area contributed by atoms with E-state index < -0.39 is 0 Å². The number of nitrogens with zero attached hydrogens (tertiary/aromatic N) is 4. The van der Waals surface area contributed by atoms with Crippen LogP contribution in [0.2, 0.25) is 0 Å². The fourth-order valence-electron chi connectivity index (χ4n) is 7.43. The molecule has 7 aromatic rings. The summed E-state index contributed by atoms with van der Waals surface area (Å²) in [6, 6.07) is 24.7. The molecule has 2 fully saturated rings. The summed E-state index contributed by atoms with van der Waals surface area (Å²) in [7, 11) is 1.97. The van der Waals surface area contributed by atoms with E-state index in [0.717, 1.165) is 58.3 Å². The van der Waals surface area contributed by atoms with Crippen molar-refractivity contribution in [2.24, 2.45) is 0 Å². The molecule has 2 saturated carbocycles. The van der Waals surface area contributed by atoms with Crippen LogP contribution in [0, 0.1) is 6.92 Å². The molecule has 0 amide bonds. The maximum atomic E-state index is 13.3. The predicted molar refractivity (Wildman–Crippen MR) is 259 cm³/mol. The van der Waals surface area contributed by atoms with Gasteiger partial charge in [-0.05, 0) is 99.0 Å². The van der Waals surface area contributed by atoms with Crippen LogP contribution in [0.25, 0.3) is 39.4 Å². The Morgan fingerprint density at radius 2 is 1.68 bits per heavy atom. The van der Waals surface area contributed by atoms with Gasteiger partial charge in [0, 0.05) is 60.3 Å². The van der Waals surface area contributed by atoms with E-state index in [9.17, 15) is 4.79 Å². The highest BCUT2D eigenvalue weighted by Crippen LogP contribution is 2.37. The van der Waals surface area contributed by atoms with Crippen molar-refractivity contribution in [3.63, 3.8) is 0 Å². The van der Waals surface area contributed by atoms with Crippen LogP contribution in [-0.4, -0.2) is 38.1 Å². The molecule has 4 heterocycles. The number of aromatic amines is 1. The number of aromatic nitrogens is 5. The Hall–Kier alpha value is -6.06. The van der Waals surface area contributed by atoms with Gasteiger partial charge in [-0.15, -0.1) is 6.58 Å². The van der Waals surface area contributed by atoms with Crippen LogP contribution >= 0.6 is 0 Å². The number of hydrogen-bond donors (Lipinski definition) is 3. The fraction of sp³-hybridized carbons (Fsp3) is 0.358. The molecule has 62 heavy (non-hydrogen) atoms. The number of aryl methyl sites for hydroxylation is 3. The van der Waals surface area contributed by atoms with Crippen LogP contribution < -0.4 is 16.2 Å².